The molecule has 0 atom stereocenters. The van der Waals surface area contributed by atoms with Crippen LogP contribution in [0.5, 0.6) is 5.75 Å². The lowest BCUT2D eigenvalue weighted by Gasteiger charge is -2.14. The van der Waals surface area contributed by atoms with E-state index in [0.717, 1.165) is 11.8 Å². The number of nitro groups is 1. The topological polar surface area (TPSA) is 154 Å². The van der Waals surface area contributed by atoms with E-state index in [9.17, 15) is 19.7 Å². The van der Waals surface area contributed by atoms with Crippen LogP contribution in [-0.2, 0) is 11.3 Å². The number of para-hydroxylation sites is 2. The van der Waals surface area contributed by atoms with Gasteiger partial charge in [-0.25, -0.2) is 4.98 Å². The Morgan fingerprint density at radius 2 is 2.00 bits per heavy atom. The second kappa shape index (κ2) is 11.6. The van der Waals surface area contributed by atoms with Crippen molar-refractivity contribution in [3.63, 3.8) is 0 Å². The fourth-order valence-electron chi connectivity index (χ4n) is 3.46. The SMILES string of the molecule is COc1ccccc1-n1c(CNC(=O)c2cccc([N+](=O)[O-])c2C)nnc1SCC(=O)Nc1nccs1. The number of hydrogen-bond donors (Lipinski definition) is 2. The summed E-state index contributed by atoms with van der Waals surface area (Å²) in [5.41, 5.74) is 0.929. The number of ether oxygens (including phenoxy) is 1. The number of amides is 2. The highest BCUT2D eigenvalue weighted by Gasteiger charge is 2.21. The number of thiazole rings is 1. The van der Waals surface area contributed by atoms with Crippen LogP contribution in [0.4, 0.5) is 10.8 Å². The van der Waals surface area contributed by atoms with Crippen LogP contribution in [0, 0.1) is 17.0 Å². The summed E-state index contributed by atoms with van der Waals surface area (Å²) in [4.78, 5) is 40.0. The van der Waals surface area contributed by atoms with Gasteiger partial charge in [-0.15, -0.1) is 21.5 Å². The molecular weight excluding hydrogens is 518 g/mol. The summed E-state index contributed by atoms with van der Waals surface area (Å²) >= 11 is 2.47. The van der Waals surface area contributed by atoms with Gasteiger partial charge in [0.05, 0.1) is 30.0 Å². The summed E-state index contributed by atoms with van der Waals surface area (Å²) in [6.07, 6.45) is 1.60. The lowest BCUT2D eigenvalue weighted by atomic mass is 10.1. The Hall–Kier alpha value is -4.30. The molecule has 2 aromatic heterocycles. The van der Waals surface area contributed by atoms with Gasteiger partial charge in [-0.3, -0.25) is 24.3 Å². The Morgan fingerprint density at radius 1 is 1.19 bits per heavy atom. The molecule has 0 fully saturated rings. The average Bonchev–Trinajstić information content (AvgIpc) is 3.55. The van der Waals surface area contributed by atoms with Crippen molar-refractivity contribution in [3.8, 4) is 11.4 Å². The van der Waals surface area contributed by atoms with E-state index in [1.165, 1.54) is 43.6 Å². The van der Waals surface area contributed by atoms with Crippen LogP contribution >= 0.6 is 23.1 Å². The largest absolute Gasteiger partial charge is 0.495 e. The number of aromatic nitrogens is 4. The van der Waals surface area contributed by atoms with Crippen molar-refractivity contribution in [3.05, 3.63) is 81.1 Å². The summed E-state index contributed by atoms with van der Waals surface area (Å²) < 4.78 is 7.19. The quantitative estimate of drug-likeness (QED) is 0.175. The van der Waals surface area contributed by atoms with Gasteiger partial charge >= 0.3 is 0 Å². The molecule has 190 valence electrons. The number of rotatable bonds is 10. The number of nitrogens with zero attached hydrogens (tertiary/aromatic N) is 5. The fraction of sp³-hybridized carbons (Fsp3) is 0.174. The first-order valence-electron chi connectivity index (χ1n) is 10.8. The van der Waals surface area contributed by atoms with Crippen molar-refractivity contribution in [1.29, 1.82) is 0 Å². The third kappa shape index (κ3) is 5.92. The van der Waals surface area contributed by atoms with Gasteiger partial charge in [-0.1, -0.05) is 30.0 Å². The van der Waals surface area contributed by atoms with E-state index in [0.29, 0.717) is 27.5 Å². The summed E-state index contributed by atoms with van der Waals surface area (Å²) in [7, 11) is 1.53. The van der Waals surface area contributed by atoms with E-state index in [4.69, 9.17) is 4.74 Å². The van der Waals surface area contributed by atoms with E-state index in [1.54, 1.807) is 28.3 Å². The average molecular weight is 540 g/mol. The maximum atomic E-state index is 12.9. The zero-order valence-electron chi connectivity index (χ0n) is 19.7. The first-order chi connectivity index (χ1) is 17.9. The minimum Gasteiger partial charge on any atom is -0.495 e. The van der Waals surface area contributed by atoms with Gasteiger partial charge in [0.2, 0.25) is 5.91 Å². The molecule has 2 amide bonds. The zero-order valence-corrected chi connectivity index (χ0v) is 21.3. The third-order valence-electron chi connectivity index (χ3n) is 5.19. The molecule has 0 saturated carbocycles. The smallest absolute Gasteiger partial charge is 0.273 e. The molecule has 4 rings (SSSR count). The first-order valence-corrected chi connectivity index (χ1v) is 12.7. The van der Waals surface area contributed by atoms with Crippen LogP contribution in [0.15, 0.2) is 59.2 Å². The Morgan fingerprint density at radius 3 is 2.73 bits per heavy atom. The first kappa shape index (κ1) is 25.8. The summed E-state index contributed by atoms with van der Waals surface area (Å²) in [5.74, 6) is 0.215. The van der Waals surface area contributed by atoms with E-state index in [-0.39, 0.29) is 35.0 Å². The van der Waals surface area contributed by atoms with Crippen LogP contribution < -0.4 is 15.4 Å². The molecule has 0 aliphatic rings. The van der Waals surface area contributed by atoms with Crippen molar-refractivity contribution >= 4 is 45.7 Å². The normalized spacial score (nSPS) is 10.6. The van der Waals surface area contributed by atoms with Gasteiger partial charge in [0.25, 0.3) is 11.6 Å². The molecule has 0 spiro atoms. The maximum Gasteiger partial charge on any atom is 0.273 e. The van der Waals surface area contributed by atoms with Gasteiger partial charge in [0.15, 0.2) is 16.1 Å². The number of nitro benzene ring substituents is 1. The van der Waals surface area contributed by atoms with Crippen molar-refractivity contribution in [2.45, 2.75) is 18.6 Å². The highest BCUT2D eigenvalue weighted by molar-refractivity contribution is 7.99. The summed E-state index contributed by atoms with van der Waals surface area (Å²) in [6, 6.07) is 11.5. The minimum atomic E-state index is -0.529. The molecule has 2 heterocycles. The number of thioether (sulfide) groups is 1. The molecular formula is C23H21N7O5S2. The highest BCUT2D eigenvalue weighted by Crippen LogP contribution is 2.29. The van der Waals surface area contributed by atoms with Crippen LogP contribution in [0.2, 0.25) is 0 Å². The number of anilines is 1. The zero-order chi connectivity index (χ0) is 26.4. The van der Waals surface area contributed by atoms with Gasteiger partial charge in [-0.2, -0.15) is 0 Å². The molecule has 0 radical (unpaired) electrons. The number of hydrogen-bond acceptors (Lipinski definition) is 10. The van der Waals surface area contributed by atoms with Gasteiger partial charge in [0, 0.05) is 28.8 Å². The van der Waals surface area contributed by atoms with Crippen molar-refractivity contribution < 1.29 is 19.2 Å². The summed E-state index contributed by atoms with van der Waals surface area (Å²) in [5, 5.41) is 27.8. The second-order valence-electron chi connectivity index (χ2n) is 7.47. The van der Waals surface area contributed by atoms with Crippen LogP contribution in [0.3, 0.4) is 0 Å². The van der Waals surface area contributed by atoms with E-state index >= 15 is 0 Å². The van der Waals surface area contributed by atoms with Crippen molar-refractivity contribution in [1.82, 2.24) is 25.1 Å². The van der Waals surface area contributed by atoms with E-state index in [1.807, 2.05) is 12.1 Å². The molecule has 0 bridgehead atoms. The number of carbonyl (C=O) groups is 2. The number of carbonyl (C=O) groups excluding carboxylic acids is 2. The molecule has 14 heteroatoms. The molecule has 0 aliphatic carbocycles. The monoisotopic (exact) mass is 539 g/mol. The van der Waals surface area contributed by atoms with E-state index < -0.39 is 10.8 Å². The molecule has 0 aliphatic heterocycles. The van der Waals surface area contributed by atoms with Gasteiger partial charge < -0.3 is 15.4 Å². The van der Waals surface area contributed by atoms with Crippen molar-refractivity contribution in [2.75, 3.05) is 18.2 Å². The predicted molar refractivity (Wildman–Crippen MR) is 138 cm³/mol. The van der Waals surface area contributed by atoms with Gasteiger partial charge in [0.1, 0.15) is 5.75 Å². The van der Waals surface area contributed by atoms with E-state index in [2.05, 4.69) is 25.8 Å². The molecule has 37 heavy (non-hydrogen) atoms. The Bertz CT molecular complexity index is 1440. The number of methoxy groups -OCH3 is 1. The lowest BCUT2D eigenvalue weighted by molar-refractivity contribution is -0.385. The fourth-order valence-corrected chi connectivity index (χ4v) is 4.77. The van der Waals surface area contributed by atoms with Gasteiger partial charge in [-0.05, 0) is 25.1 Å². The number of benzene rings is 2. The Labute approximate surface area is 219 Å². The molecule has 0 unspecified atom stereocenters. The second-order valence-corrected chi connectivity index (χ2v) is 9.31. The standard InChI is InChI=1S/C23H21N7O5S2/c1-14-15(6-5-8-16(14)30(33)34)21(32)25-12-19-27-28-23(29(19)17-7-3-4-9-18(17)35-2)37-13-20(31)26-22-24-10-11-36-22/h3-11H,12-13H2,1-2H3,(H,25,32)(H,24,26,31). The van der Waals surface area contributed by atoms with Crippen LogP contribution in [0.25, 0.3) is 5.69 Å². The minimum absolute atomic E-state index is 0.0299. The molecule has 0 saturated heterocycles. The third-order valence-corrected chi connectivity index (χ3v) is 6.81. The number of nitrogens with one attached hydrogen (secondary N) is 2. The molecule has 4 aromatic rings. The van der Waals surface area contributed by atoms with Crippen LogP contribution in [0.1, 0.15) is 21.7 Å². The Balaban J connectivity index is 1.57. The van der Waals surface area contributed by atoms with Crippen LogP contribution in [-0.4, -0.2) is 49.3 Å². The molecule has 2 N–H and O–H groups in total. The Kier molecular flexibility index (Phi) is 8.10. The molecule has 2 aromatic carbocycles. The lowest BCUT2D eigenvalue weighted by Crippen LogP contribution is -2.25. The maximum absolute atomic E-state index is 12.9. The molecule has 12 nitrogen and oxygen atoms in total. The van der Waals surface area contributed by atoms with Crippen molar-refractivity contribution in [2.24, 2.45) is 0 Å². The summed E-state index contributed by atoms with van der Waals surface area (Å²) in [6.45, 7) is 1.49. The predicted octanol–water partition coefficient (Wildman–Crippen LogP) is 3.61. The highest BCUT2D eigenvalue weighted by atomic mass is 32.2.